The number of aliphatic hydroxyl groups is 2. The van der Waals surface area contributed by atoms with E-state index in [9.17, 15) is 0 Å². The van der Waals surface area contributed by atoms with Crippen molar-refractivity contribution in [3.63, 3.8) is 0 Å². The standard InChI is InChI=1S/C30H46O.C2H6O2.20C2H4/c1-3-5-7-9-11-13-15-21-27-23-17-19-25-29(27)31-30-26-20-18-24-28(30)22-16-14-12-10-8-6-4-2;3-1-2-4;20*1-2/h17-20,23-26H,3-16,21-22H2,1-2H3;3-4H,1-2H2;20*1-2H2. The summed E-state index contributed by atoms with van der Waals surface area (Å²) in [7, 11) is 0. The Kier molecular flexibility index (Phi) is 504. The van der Waals surface area contributed by atoms with Crippen LogP contribution >= 0.6 is 0 Å². The second-order valence-corrected chi connectivity index (χ2v) is 9.51. The fourth-order valence-corrected chi connectivity index (χ4v) is 4.28. The smallest absolute Gasteiger partial charge is 0.130 e. The van der Waals surface area contributed by atoms with Gasteiger partial charge < -0.3 is 14.9 Å². The third-order valence-corrected chi connectivity index (χ3v) is 6.36. The molecule has 0 unspecified atom stereocenters. The first kappa shape index (κ1) is 132. The monoisotopic (exact) mass is 1050 g/mol. The molecular formula is C72H132O3. The molecule has 2 N–H and O–H groups in total. The topological polar surface area (TPSA) is 49.7 Å². The molecule has 0 bridgehead atoms. The number of benzene rings is 2. The van der Waals surface area contributed by atoms with Gasteiger partial charge in [0.1, 0.15) is 11.5 Å². The van der Waals surface area contributed by atoms with Crippen LogP contribution in [0.4, 0.5) is 0 Å². The van der Waals surface area contributed by atoms with Crippen molar-refractivity contribution in [2.45, 2.75) is 117 Å². The van der Waals surface area contributed by atoms with Gasteiger partial charge in [0.25, 0.3) is 0 Å². The van der Waals surface area contributed by atoms with Crippen molar-refractivity contribution in [3.05, 3.63) is 323 Å². The minimum absolute atomic E-state index is 0.125. The molecule has 0 radical (unpaired) electrons. The van der Waals surface area contributed by atoms with Crippen LogP contribution < -0.4 is 4.74 Å². The SMILES string of the molecule is C=C.C=C.C=C.C=C.C=C.C=C.C=C.C=C.C=C.C=C.C=C.C=C.C=C.C=C.C=C.C=C.C=C.C=C.C=C.C=C.CCCCCCCCCc1ccccc1Oc1ccccc1CCCCCCCCC.OCCO. The molecule has 0 saturated heterocycles. The Morgan fingerprint density at radius 2 is 0.413 bits per heavy atom. The fraction of sp³-hybridized carbons (Fsp3) is 0.278. The Bertz CT molecular complexity index is 888. The van der Waals surface area contributed by atoms with Gasteiger partial charge in [-0.25, -0.2) is 0 Å². The van der Waals surface area contributed by atoms with Crippen molar-refractivity contribution in [1.82, 2.24) is 0 Å². The Morgan fingerprint density at radius 1 is 0.253 bits per heavy atom. The molecule has 2 aromatic rings. The summed E-state index contributed by atoms with van der Waals surface area (Å²) < 4.78 is 6.46. The summed E-state index contributed by atoms with van der Waals surface area (Å²) >= 11 is 0. The highest BCUT2D eigenvalue weighted by Crippen LogP contribution is 2.30. The van der Waals surface area contributed by atoms with Gasteiger partial charge in [-0.2, -0.15) is 0 Å². The molecule has 2 aromatic carbocycles. The van der Waals surface area contributed by atoms with Crippen LogP contribution in [0.5, 0.6) is 11.5 Å². The van der Waals surface area contributed by atoms with Crippen LogP contribution in [0.1, 0.15) is 115 Å². The Balaban J connectivity index is -0.0000000319. The second kappa shape index (κ2) is 285. The first-order chi connectivity index (χ1) is 37.3. The van der Waals surface area contributed by atoms with Crippen LogP contribution in [-0.2, 0) is 12.8 Å². The largest absolute Gasteiger partial charge is 0.457 e. The van der Waals surface area contributed by atoms with Crippen LogP contribution in [0, 0.1) is 0 Å². The molecule has 0 amide bonds. The molecule has 0 saturated carbocycles. The van der Waals surface area contributed by atoms with Crippen LogP contribution in [0.25, 0.3) is 0 Å². The van der Waals surface area contributed by atoms with Gasteiger partial charge in [-0.05, 0) is 48.9 Å². The Hall–Kier alpha value is -7.04. The van der Waals surface area contributed by atoms with E-state index in [1.807, 2.05) is 0 Å². The van der Waals surface area contributed by atoms with E-state index in [2.05, 4.69) is 326 Å². The zero-order valence-corrected chi connectivity index (χ0v) is 50.9. The summed E-state index contributed by atoms with van der Waals surface area (Å²) in [6.07, 6.45) is 21.1. The lowest BCUT2D eigenvalue weighted by Gasteiger charge is -2.14. The van der Waals surface area contributed by atoms with Gasteiger partial charge in [-0.1, -0.05) is 127 Å². The molecule has 0 aliphatic carbocycles. The number of unbranched alkanes of at least 4 members (excludes halogenated alkanes) is 12. The first-order valence-corrected chi connectivity index (χ1v) is 24.3. The predicted molar refractivity (Wildman–Crippen MR) is 376 cm³/mol. The molecule has 3 nitrogen and oxygen atoms in total. The van der Waals surface area contributed by atoms with Gasteiger partial charge in [-0.15, -0.1) is 263 Å². The average Bonchev–Trinajstić information content (AvgIpc) is 3.57. The van der Waals surface area contributed by atoms with Crippen molar-refractivity contribution >= 4 is 0 Å². The van der Waals surface area contributed by atoms with Gasteiger partial charge in [0.2, 0.25) is 0 Å². The number of rotatable bonds is 19. The van der Waals surface area contributed by atoms with Crippen molar-refractivity contribution in [2.75, 3.05) is 13.2 Å². The molecule has 0 aromatic heterocycles. The van der Waals surface area contributed by atoms with Gasteiger partial charge in [0.15, 0.2) is 0 Å². The van der Waals surface area contributed by atoms with E-state index in [1.165, 1.54) is 101 Å². The molecule has 0 aliphatic heterocycles. The van der Waals surface area contributed by atoms with E-state index in [1.54, 1.807) is 0 Å². The first-order valence-electron chi connectivity index (χ1n) is 24.3. The highest BCUT2D eigenvalue weighted by atomic mass is 16.5. The molecule has 0 heterocycles. The fourth-order valence-electron chi connectivity index (χ4n) is 4.28. The quantitative estimate of drug-likeness (QED) is 0.109. The van der Waals surface area contributed by atoms with E-state index in [-0.39, 0.29) is 13.2 Å². The summed E-state index contributed by atoms with van der Waals surface area (Å²) in [5, 5.41) is 15.2. The molecule has 3 heteroatoms. The van der Waals surface area contributed by atoms with Crippen LogP contribution in [0.2, 0.25) is 0 Å². The van der Waals surface area contributed by atoms with Crippen molar-refractivity contribution in [1.29, 1.82) is 0 Å². The van der Waals surface area contributed by atoms with E-state index in [0.717, 1.165) is 24.3 Å². The second-order valence-electron chi connectivity index (χ2n) is 9.51. The van der Waals surface area contributed by atoms with E-state index in [4.69, 9.17) is 14.9 Å². The zero-order chi connectivity index (χ0) is 65.4. The number of hydrogen-bond acceptors (Lipinski definition) is 3. The summed E-state index contributed by atoms with van der Waals surface area (Å²) in [6.45, 7) is 124. The summed E-state index contributed by atoms with van der Waals surface area (Å²) in [6, 6.07) is 17.3. The third-order valence-electron chi connectivity index (χ3n) is 6.36. The molecule has 0 aliphatic rings. The van der Waals surface area contributed by atoms with E-state index in [0.29, 0.717) is 0 Å². The van der Waals surface area contributed by atoms with Gasteiger partial charge >= 0.3 is 0 Å². The Labute approximate surface area is 476 Å². The third kappa shape index (κ3) is 196. The number of hydrogen-bond donors (Lipinski definition) is 2. The maximum atomic E-state index is 7.62. The average molecular weight is 1050 g/mol. The Morgan fingerprint density at radius 3 is 0.587 bits per heavy atom. The molecule has 2 rings (SSSR count). The minimum Gasteiger partial charge on any atom is -0.457 e. The molecule has 438 valence electrons. The van der Waals surface area contributed by atoms with Crippen molar-refractivity contribution < 1.29 is 14.9 Å². The molecular weight excluding hydrogens is 913 g/mol. The van der Waals surface area contributed by atoms with Gasteiger partial charge in [-0.3, -0.25) is 0 Å². The van der Waals surface area contributed by atoms with Crippen molar-refractivity contribution in [3.8, 4) is 11.5 Å². The minimum atomic E-state index is -0.125. The lowest BCUT2D eigenvalue weighted by molar-refractivity contribution is 0.186. The number of aliphatic hydroxyl groups excluding tert-OH is 2. The van der Waals surface area contributed by atoms with Crippen molar-refractivity contribution in [2.24, 2.45) is 0 Å². The molecule has 75 heavy (non-hydrogen) atoms. The number of ether oxygens (including phenoxy) is 1. The summed E-state index contributed by atoms with van der Waals surface area (Å²) in [5.74, 6) is 2.08. The van der Waals surface area contributed by atoms with Crippen LogP contribution in [0.3, 0.4) is 0 Å². The number of aryl methyl sites for hydroxylation is 2. The normalized spacial score (nSPS) is 6.03. The molecule has 0 atom stereocenters. The van der Waals surface area contributed by atoms with Crippen LogP contribution in [-0.4, -0.2) is 23.4 Å². The van der Waals surface area contributed by atoms with E-state index >= 15 is 0 Å². The maximum Gasteiger partial charge on any atom is 0.130 e. The number of para-hydroxylation sites is 2. The highest BCUT2D eigenvalue weighted by molar-refractivity contribution is 5.41. The lowest BCUT2D eigenvalue weighted by atomic mass is 10.0. The highest BCUT2D eigenvalue weighted by Gasteiger charge is 2.08. The predicted octanol–water partition coefficient (Wildman–Crippen LogP) is 25.1. The zero-order valence-electron chi connectivity index (χ0n) is 50.9. The van der Waals surface area contributed by atoms with Crippen LogP contribution in [0.15, 0.2) is 312 Å². The summed E-state index contributed by atoms with van der Waals surface area (Å²) in [5.41, 5.74) is 2.70. The van der Waals surface area contributed by atoms with Gasteiger partial charge in [0, 0.05) is 0 Å². The molecule has 0 spiro atoms. The maximum absolute atomic E-state index is 7.62. The lowest BCUT2D eigenvalue weighted by Crippen LogP contribution is -1.96. The summed E-state index contributed by atoms with van der Waals surface area (Å²) in [4.78, 5) is 0. The van der Waals surface area contributed by atoms with Gasteiger partial charge in [0.05, 0.1) is 13.2 Å². The molecule has 0 fully saturated rings. The van der Waals surface area contributed by atoms with E-state index < -0.39 is 0 Å².